The molecule has 0 aliphatic rings. The van der Waals surface area contributed by atoms with Gasteiger partial charge in [-0.05, 0) is 43.9 Å². The average molecular weight is 420 g/mol. The van der Waals surface area contributed by atoms with Gasteiger partial charge in [0.1, 0.15) is 10.6 Å². The maximum Gasteiger partial charge on any atom is 0.260 e. The van der Waals surface area contributed by atoms with Gasteiger partial charge in [-0.3, -0.25) is 9.59 Å². The van der Waals surface area contributed by atoms with E-state index in [1.807, 2.05) is 6.92 Å². The molecule has 0 aliphatic heterocycles. The molecule has 6 nitrogen and oxygen atoms in total. The van der Waals surface area contributed by atoms with Crippen molar-refractivity contribution in [2.45, 2.75) is 57.5 Å². The van der Waals surface area contributed by atoms with Gasteiger partial charge in [-0.15, -0.1) is 11.3 Å². The first-order valence-corrected chi connectivity index (χ1v) is 11.1. The van der Waals surface area contributed by atoms with Crippen LogP contribution in [0.25, 0.3) is 10.2 Å². The number of nitrogens with one attached hydrogen (secondary N) is 2. The fraction of sp³-hybridized carbons (Fsp3) is 0.450. The number of aromatic nitrogens is 2. The summed E-state index contributed by atoms with van der Waals surface area (Å²) in [6.45, 7) is 8.52. The Morgan fingerprint density at radius 2 is 2.21 bits per heavy atom. The van der Waals surface area contributed by atoms with Crippen LogP contribution in [-0.4, -0.2) is 21.1 Å². The minimum atomic E-state index is -0.392. The molecule has 0 saturated heterocycles. The molecule has 3 aromatic heterocycles. The number of carbonyl (C=O) groups is 1. The van der Waals surface area contributed by atoms with Gasteiger partial charge in [-0.25, -0.2) is 4.98 Å². The number of furan rings is 1. The SMILES string of the molecule is CC[C@@H](C)Cc1c(C)sc2nc(S[C@@H](C)C(=O)NCc3ccco3)[nH]c(=O)c12. The predicted molar refractivity (Wildman–Crippen MR) is 114 cm³/mol. The van der Waals surface area contributed by atoms with Crippen LogP contribution in [-0.2, 0) is 17.8 Å². The van der Waals surface area contributed by atoms with Crippen LogP contribution in [0.2, 0.25) is 0 Å². The topological polar surface area (TPSA) is 88.0 Å². The van der Waals surface area contributed by atoms with Gasteiger partial charge in [0.2, 0.25) is 5.91 Å². The number of H-pyrrole nitrogens is 1. The number of amides is 1. The van der Waals surface area contributed by atoms with Crippen LogP contribution in [0.5, 0.6) is 0 Å². The van der Waals surface area contributed by atoms with E-state index in [-0.39, 0.29) is 11.5 Å². The third-order valence-corrected chi connectivity index (χ3v) is 6.79. The molecule has 28 heavy (non-hydrogen) atoms. The van der Waals surface area contributed by atoms with Crippen LogP contribution in [0.4, 0.5) is 0 Å². The summed E-state index contributed by atoms with van der Waals surface area (Å²) >= 11 is 2.79. The Hall–Kier alpha value is -2.06. The number of nitrogens with zero attached hydrogens (tertiary/aromatic N) is 1. The van der Waals surface area contributed by atoms with E-state index < -0.39 is 5.25 Å². The monoisotopic (exact) mass is 419 g/mol. The number of thiophene rings is 1. The lowest BCUT2D eigenvalue weighted by Crippen LogP contribution is -2.30. The number of thioether (sulfide) groups is 1. The average Bonchev–Trinajstić information content (AvgIpc) is 3.27. The van der Waals surface area contributed by atoms with Crippen LogP contribution < -0.4 is 10.9 Å². The first kappa shape index (κ1) is 20.7. The van der Waals surface area contributed by atoms with E-state index in [1.165, 1.54) is 11.8 Å². The van der Waals surface area contributed by atoms with Crippen molar-refractivity contribution in [2.75, 3.05) is 0 Å². The molecule has 0 fully saturated rings. The molecule has 8 heteroatoms. The van der Waals surface area contributed by atoms with Crippen molar-refractivity contribution in [3.05, 3.63) is 45.0 Å². The molecular weight excluding hydrogens is 394 g/mol. The molecule has 0 aromatic carbocycles. The molecule has 0 unspecified atom stereocenters. The summed E-state index contributed by atoms with van der Waals surface area (Å²) in [5, 5.41) is 3.60. The van der Waals surface area contributed by atoms with Gasteiger partial charge in [0.25, 0.3) is 5.56 Å². The molecule has 2 atom stereocenters. The zero-order valence-electron chi connectivity index (χ0n) is 16.5. The fourth-order valence-corrected chi connectivity index (χ4v) is 4.83. The Morgan fingerprint density at radius 1 is 1.43 bits per heavy atom. The number of aryl methyl sites for hydroxylation is 1. The van der Waals surface area contributed by atoms with E-state index in [0.29, 0.717) is 28.8 Å². The predicted octanol–water partition coefficient (Wildman–Crippen LogP) is 4.27. The van der Waals surface area contributed by atoms with Crippen molar-refractivity contribution in [3.8, 4) is 0 Å². The quantitative estimate of drug-likeness (QED) is 0.420. The van der Waals surface area contributed by atoms with E-state index in [0.717, 1.165) is 28.1 Å². The third-order valence-electron chi connectivity index (χ3n) is 4.77. The van der Waals surface area contributed by atoms with Gasteiger partial charge in [0.05, 0.1) is 23.4 Å². The Labute approximate surface area is 172 Å². The van der Waals surface area contributed by atoms with E-state index in [2.05, 4.69) is 29.1 Å². The highest BCUT2D eigenvalue weighted by atomic mass is 32.2. The largest absolute Gasteiger partial charge is 0.467 e. The molecule has 0 radical (unpaired) electrons. The standard InChI is InChI=1S/C20H25N3O3S2/c1-5-11(2)9-15-12(3)27-19-16(15)18(25)22-20(23-19)28-13(4)17(24)21-10-14-7-6-8-26-14/h6-8,11,13H,5,9-10H2,1-4H3,(H,21,24)(H,22,23,25)/t11-,13+/m1/s1. The maximum atomic E-state index is 12.7. The number of aromatic amines is 1. The second kappa shape index (κ2) is 8.96. The number of hydrogen-bond donors (Lipinski definition) is 2. The molecule has 0 bridgehead atoms. The van der Waals surface area contributed by atoms with E-state index in [9.17, 15) is 9.59 Å². The Balaban J connectivity index is 1.74. The van der Waals surface area contributed by atoms with Gasteiger partial charge in [0.15, 0.2) is 5.16 Å². The smallest absolute Gasteiger partial charge is 0.260 e. The van der Waals surface area contributed by atoms with Crippen molar-refractivity contribution in [1.82, 2.24) is 15.3 Å². The van der Waals surface area contributed by atoms with E-state index in [4.69, 9.17) is 4.42 Å². The van der Waals surface area contributed by atoms with E-state index >= 15 is 0 Å². The first-order chi connectivity index (χ1) is 13.4. The highest BCUT2D eigenvalue weighted by Crippen LogP contribution is 2.31. The highest BCUT2D eigenvalue weighted by molar-refractivity contribution is 8.00. The normalized spacial score (nSPS) is 13.6. The summed E-state index contributed by atoms with van der Waals surface area (Å²) in [4.78, 5) is 34.4. The summed E-state index contributed by atoms with van der Waals surface area (Å²) in [6.07, 6.45) is 3.52. The van der Waals surface area contributed by atoms with Crippen LogP contribution in [0, 0.1) is 12.8 Å². The molecule has 0 aliphatic carbocycles. The van der Waals surface area contributed by atoms with Crippen molar-refractivity contribution in [2.24, 2.45) is 5.92 Å². The molecule has 3 aromatic rings. The zero-order chi connectivity index (χ0) is 20.3. The van der Waals surface area contributed by atoms with Gasteiger partial charge >= 0.3 is 0 Å². The number of hydrogen-bond acceptors (Lipinski definition) is 6. The molecule has 2 N–H and O–H groups in total. The van der Waals surface area contributed by atoms with Crippen LogP contribution in [0.1, 0.15) is 43.4 Å². The summed E-state index contributed by atoms with van der Waals surface area (Å²) in [5.41, 5.74) is 0.974. The van der Waals surface area contributed by atoms with Crippen molar-refractivity contribution >= 4 is 39.2 Å². The molecule has 0 saturated carbocycles. The maximum absolute atomic E-state index is 12.7. The minimum absolute atomic E-state index is 0.127. The second-order valence-electron chi connectivity index (χ2n) is 6.96. The lowest BCUT2D eigenvalue weighted by Gasteiger charge is -2.11. The van der Waals surface area contributed by atoms with Gasteiger partial charge in [-0.1, -0.05) is 32.0 Å². The summed E-state index contributed by atoms with van der Waals surface area (Å²) in [6, 6.07) is 3.59. The Morgan fingerprint density at radius 3 is 2.89 bits per heavy atom. The Bertz CT molecular complexity index is 1010. The molecule has 1 amide bonds. The summed E-state index contributed by atoms with van der Waals surface area (Å²) in [5.74, 6) is 1.08. The third kappa shape index (κ3) is 4.67. The second-order valence-corrected chi connectivity index (χ2v) is 9.50. The van der Waals surface area contributed by atoms with Crippen LogP contribution >= 0.6 is 23.1 Å². The lowest BCUT2D eigenvalue weighted by atomic mass is 9.98. The van der Waals surface area contributed by atoms with Crippen molar-refractivity contribution in [1.29, 1.82) is 0 Å². The minimum Gasteiger partial charge on any atom is -0.467 e. The molecular formula is C20H25N3O3S2. The van der Waals surface area contributed by atoms with Crippen molar-refractivity contribution < 1.29 is 9.21 Å². The number of carbonyl (C=O) groups excluding carboxylic acids is 1. The van der Waals surface area contributed by atoms with Gasteiger partial charge < -0.3 is 14.7 Å². The van der Waals surface area contributed by atoms with Crippen LogP contribution in [0.3, 0.4) is 0 Å². The van der Waals surface area contributed by atoms with E-state index in [1.54, 1.807) is 36.7 Å². The first-order valence-electron chi connectivity index (χ1n) is 9.38. The lowest BCUT2D eigenvalue weighted by molar-refractivity contribution is -0.120. The summed E-state index contributed by atoms with van der Waals surface area (Å²) < 4.78 is 5.21. The highest BCUT2D eigenvalue weighted by Gasteiger charge is 2.20. The molecule has 0 spiro atoms. The number of rotatable bonds is 8. The molecule has 3 heterocycles. The zero-order valence-corrected chi connectivity index (χ0v) is 18.1. The van der Waals surface area contributed by atoms with Crippen molar-refractivity contribution in [3.63, 3.8) is 0 Å². The van der Waals surface area contributed by atoms with Gasteiger partial charge in [0, 0.05) is 4.88 Å². The fourth-order valence-electron chi connectivity index (χ4n) is 2.90. The van der Waals surface area contributed by atoms with Crippen LogP contribution in [0.15, 0.2) is 32.8 Å². The van der Waals surface area contributed by atoms with Gasteiger partial charge in [-0.2, -0.15) is 0 Å². The number of fused-ring (bicyclic) bond motifs is 1. The summed E-state index contributed by atoms with van der Waals surface area (Å²) in [7, 11) is 0. The molecule has 3 rings (SSSR count). The Kier molecular flexibility index (Phi) is 6.61. The molecule has 150 valence electrons.